The highest BCUT2D eigenvalue weighted by molar-refractivity contribution is 5.79. The van der Waals surface area contributed by atoms with Crippen molar-refractivity contribution in [1.29, 1.82) is 5.41 Å². The van der Waals surface area contributed by atoms with Crippen molar-refractivity contribution in [3.8, 4) is 0 Å². The van der Waals surface area contributed by atoms with Gasteiger partial charge in [-0.3, -0.25) is 0 Å². The normalized spacial score (nSPS) is 18.2. The zero-order chi connectivity index (χ0) is 15.3. The minimum absolute atomic E-state index is 0.0759. The number of nitrogens with one attached hydrogen (secondary N) is 3. The Kier molecular flexibility index (Phi) is 4.74. The van der Waals surface area contributed by atoms with E-state index in [1.807, 2.05) is 6.07 Å². The summed E-state index contributed by atoms with van der Waals surface area (Å²) in [4.78, 5) is 10.9. The first-order valence-electron chi connectivity index (χ1n) is 7.06. The predicted octanol–water partition coefficient (Wildman–Crippen LogP) is 0.916. The topological polar surface area (TPSA) is 103 Å². The van der Waals surface area contributed by atoms with Crippen molar-refractivity contribution in [2.24, 2.45) is 5.73 Å². The fraction of sp³-hybridized carbons (Fsp3) is 0.500. The molecule has 0 bridgehead atoms. The molecule has 0 unspecified atom stereocenters. The van der Waals surface area contributed by atoms with Crippen molar-refractivity contribution in [3.63, 3.8) is 0 Å². The molecule has 0 amide bonds. The van der Waals surface area contributed by atoms with Crippen molar-refractivity contribution in [1.82, 2.24) is 15.3 Å². The van der Waals surface area contributed by atoms with Crippen LogP contribution in [0.3, 0.4) is 0 Å². The highest BCUT2D eigenvalue weighted by atomic mass is 15.2. The first kappa shape index (κ1) is 15.2. The van der Waals surface area contributed by atoms with Crippen LogP contribution < -0.4 is 21.3 Å². The van der Waals surface area contributed by atoms with Gasteiger partial charge in [0.1, 0.15) is 5.82 Å². The Morgan fingerprint density at radius 1 is 1.48 bits per heavy atom. The zero-order valence-electron chi connectivity index (χ0n) is 12.6. The van der Waals surface area contributed by atoms with Gasteiger partial charge < -0.3 is 26.7 Å². The minimum Gasteiger partial charge on any atom is -0.392 e. The summed E-state index contributed by atoms with van der Waals surface area (Å²) in [6.45, 7) is 3.89. The van der Waals surface area contributed by atoms with E-state index in [4.69, 9.17) is 11.1 Å². The number of piperidine rings is 1. The van der Waals surface area contributed by atoms with Crippen LogP contribution in [0.15, 0.2) is 24.2 Å². The second-order valence-corrected chi connectivity index (χ2v) is 5.54. The Morgan fingerprint density at radius 3 is 2.81 bits per heavy atom. The number of aromatic nitrogens is 2. The second-order valence-electron chi connectivity index (χ2n) is 5.54. The highest BCUT2D eigenvalue weighted by Gasteiger charge is 2.26. The van der Waals surface area contributed by atoms with Gasteiger partial charge in [-0.15, -0.1) is 0 Å². The van der Waals surface area contributed by atoms with Crippen molar-refractivity contribution < 1.29 is 0 Å². The summed E-state index contributed by atoms with van der Waals surface area (Å²) in [5.41, 5.74) is 6.68. The predicted molar refractivity (Wildman–Crippen MR) is 85.6 cm³/mol. The molecule has 7 heteroatoms. The lowest BCUT2D eigenvalue weighted by atomic mass is 9.91. The quantitative estimate of drug-likeness (QED) is 0.601. The molecule has 1 aromatic heterocycles. The molecule has 5 N–H and O–H groups in total. The maximum absolute atomic E-state index is 7.33. The van der Waals surface area contributed by atoms with E-state index in [0.717, 1.165) is 31.7 Å². The molecule has 114 valence electrons. The lowest BCUT2D eigenvalue weighted by Crippen LogP contribution is -2.48. The summed E-state index contributed by atoms with van der Waals surface area (Å²) in [5.74, 6) is 1.37. The van der Waals surface area contributed by atoms with Crippen LogP contribution in [0, 0.1) is 5.41 Å². The van der Waals surface area contributed by atoms with Crippen LogP contribution >= 0.6 is 0 Å². The van der Waals surface area contributed by atoms with Gasteiger partial charge in [0, 0.05) is 44.3 Å². The Bertz CT molecular complexity index is 514. The molecule has 7 nitrogen and oxygen atoms in total. The van der Waals surface area contributed by atoms with Crippen molar-refractivity contribution in [2.75, 3.05) is 30.4 Å². The third kappa shape index (κ3) is 4.16. The van der Waals surface area contributed by atoms with Gasteiger partial charge in [0.25, 0.3) is 0 Å². The number of nitrogens with two attached hydrogens (primary N) is 1. The lowest BCUT2D eigenvalue weighted by molar-refractivity contribution is 0.363. The first-order valence-corrected chi connectivity index (χ1v) is 7.06. The van der Waals surface area contributed by atoms with Crippen molar-refractivity contribution in [2.45, 2.75) is 25.3 Å². The standard InChI is InChI=1S/C14H23N7/c1-14(16)4-7-21(8-5-14)12-3-6-18-13(20-12)19-11(9-15)10-17-2/h3,6,9-10,15,17H,4-5,7-8,16H2,1-2H3,(H,18,19,20)/b11-10+,15-9?. The number of rotatable bonds is 5. The molecule has 0 radical (unpaired) electrons. The van der Waals surface area contributed by atoms with Crippen LogP contribution in [-0.2, 0) is 0 Å². The third-order valence-corrected chi connectivity index (χ3v) is 3.58. The summed E-state index contributed by atoms with van der Waals surface area (Å²) >= 11 is 0. The van der Waals surface area contributed by atoms with Crippen molar-refractivity contribution in [3.05, 3.63) is 24.2 Å². The summed E-state index contributed by atoms with van der Waals surface area (Å²) in [6, 6.07) is 1.90. The van der Waals surface area contributed by atoms with Crippen LogP contribution in [0.4, 0.5) is 11.8 Å². The van der Waals surface area contributed by atoms with Crippen LogP contribution in [0.1, 0.15) is 19.8 Å². The van der Waals surface area contributed by atoms with Crippen LogP contribution in [0.25, 0.3) is 0 Å². The Hall–Kier alpha value is -2.15. The van der Waals surface area contributed by atoms with Gasteiger partial charge >= 0.3 is 0 Å². The molecule has 0 atom stereocenters. The van der Waals surface area contributed by atoms with E-state index in [9.17, 15) is 0 Å². The van der Waals surface area contributed by atoms with E-state index >= 15 is 0 Å². The molecule has 1 aliphatic heterocycles. The Balaban J connectivity index is 2.08. The van der Waals surface area contributed by atoms with Gasteiger partial charge in [0.2, 0.25) is 5.95 Å². The maximum atomic E-state index is 7.33. The second kappa shape index (κ2) is 6.53. The van der Waals surface area contributed by atoms with Gasteiger partial charge in [-0.1, -0.05) is 0 Å². The maximum Gasteiger partial charge on any atom is 0.229 e. The first-order chi connectivity index (χ1) is 10.0. The molecule has 0 aromatic carbocycles. The molecule has 0 spiro atoms. The van der Waals surface area contributed by atoms with Crippen molar-refractivity contribution >= 4 is 18.0 Å². The average Bonchev–Trinajstić information content (AvgIpc) is 2.47. The van der Waals surface area contributed by atoms with E-state index in [1.54, 1.807) is 19.4 Å². The van der Waals surface area contributed by atoms with Gasteiger partial charge in [-0.05, 0) is 25.8 Å². The molecule has 2 heterocycles. The number of hydrogen-bond donors (Lipinski definition) is 4. The van der Waals surface area contributed by atoms with Gasteiger partial charge in [0.05, 0.1) is 5.70 Å². The van der Waals surface area contributed by atoms with E-state index < -0.39 is 0 Å². The third-order valence-electron chi connectivity index (χ3n) is 3.58. The summed E-state index contributed by atoms with van der Waals surface area (Å²) in [5, 5.41) is 13.2. The monoisotopic (exact) mass is 289 g/mol. The Morgan fingerprint density at radius 2 is 2.19 bits per heavy atom. The largest absolute Gasteiger partial charge is 0.392 e. The highest BCUT2D eigenvalue weighted by Crippen LogP contribution is 2.23. The molecule has 1 aliphatic rings. The van der Waals surface area contributed by atoms with E-state index in [2.05, 4.69) is 32.4 Å². The molecule has 1 saturated heterocycles. The summed E-state index contributed by atoms with van der Waals surface area (Å²) in [6.07, 6.45) is 6.52. The fourth-order valence-electron chi connectivity index (χ4n) is 2.23. The zero-order valence-corrected chi connectivity index (χ0v) is 12.6. The van der Waals surface area contributed by atoms with E-state index in [-0.39, 0.29) is 5.54 Å². The van der Waals surface area contributed by atoms with Crippen LogP contribution in [0.5, 0.6) is 0 Å². The molecule has 0 saturated carbocycles. The molecule has 1 aromatic rings. The molecule has 2 rings (SSSR count). The number of allylic oxidation sites excluding steroid dienone is 1. The SMILES string of the molecule is CN/C=C(\C=N)Nc1nccc(N2CCC(C)(N)CC2)n1. The van der Waals surface area contributed by atoms with Gasteiger partial charge in [-0.2, -0.15) is 4.98 Å². The molecule has 1 fully saturated rings. The molecule has 21 heavy (non-hydrogen) atoms. The number of nitrogens with zero attached hydrogens (tertiary/aromatic N) is 3. The van der Waals surface area contributed by atoms with Gasteiger partial charge in [-0.25, -0.2) is 4.98 Å². The smallest absolute Gasteiger partial charge is 0.229 e. The van der Waals surface area contributed by atoms with E-state index in [0.29, 0.717) is 11.6 Å². The van der Waals surface area contributed by atoms with Crippen LogP contribution in [0.2, 0.25) is 0 Å². The lowest BCUT2D eigenvalue weighted by Gasteiger charge is -2.37. The van der Waals surface area contributed by atoms with E-state index in [1.165, 1.54) is 6.21 Å². The average molecular weight is 289 g/mol. The number of anilines is 2. The molecular weight excluding hydrogens is 266 g/mol. The summed E-state index contributed by atoms with van der Waals surface area (Å²) in [7, 11) is 1.78. The fourth-order valence-corrected chi connectivity index (χ4v) is 2.23. The molecule has 0 aliphatic carbocycles. The minimum atomic E-state index is -0.0759. The molecular formula is C14H23N7. The Labute approximate surface area is 125 Å². The number of hydrogen-bond acceptors (Lipinski definition) is 7. The van der Waals surface area contributed by atoms with Crippen LogP contribution in [-0.4, -0.2) is 41.9 Å². The van der Waals surface area contributed by atoms with Gasteiger partial charge in [0.15, 0.2) is 0 Å². The summed E-state index contributed by atoms with van der Waals surface area (Å²) < 4.78 is 0.